The van der Waals surface area contributed by atoms with Crippen molar-refractivity contribution in [2.45, 2.75) is 24.5 Å². The first-order chi connectivity index (χ1) is 9.45. The van der Waals surface area contributed by atoms with Gasteiger partial charge in [-0.1, -0.05) is 11.6 Å². The second-order valence-electron chi connectivity index (χ2n) is 4.83. The highest BCUT2D eigenvalue weighted by Gasteiger charge is 2.29. The average molecular weight is 319 g/mol. The number of rotatable bonds is 4. The third-order valence-corrected chi connectivity index (χ3v) is 5.46. The zero-order valence-corrected chi connectivity index (χ0v) is 13.2. The van der Waals surface area contributed by atoms with Crippen LogP contribution in [0.15, 0.2) is 23.1 Å². The summed E-state index contributed by atoms with van der Waals surface area (Å²) in [5, 5.41) is 3.54. The molecule has 1 aromatic carbocycles. The van der Waals surface area contributed by atoms with Gasteiger partial charge in [0.25, 0.3) is 0 Å². The van der Waals surface area contributed by atoms with Gasteiger partial charge in [-0.2, -0.15) is 4.31 Å². The maximum atomic E-state index is 12.6. The van der Waals surface area contributed by atoms with Gasteiger partial charge in [0.1, 0.15) is 0 Å². The van der Waals surface area contributed by atoms with Gasteiger partial charge in [0.15, 0.2) is 0 Å². The van der Waals surface area contributed by atoms with Crippen LogP contribution in [0.2, 0.25) is 5.02 Å². The minimum atomic E-state index is -3.49. The van der Waals surface area contributed by atoms with E-state index in [0.29, 0.717) is 31.3 Å². The number of hydrogen-bond acceptors (Lipinski definition) is 4. The van der Waals surface area contributed by atoms with Gasteiger partial charge in [-0.15, -0.1) is 0 Å². The maximum absolute atomic E-state index is 12.6. The van der Waals surface area contributed by atoms with E-state index in [-0.39, 0.29) is 11.0 Å². The lowest BCUT2D eigenvalue weighted by molar-refractivity contribution is 0.0102. The summed E-state index contributed by atoms with van der Waals surface area (Å²) in [5.41, 5.74) is 0.775. The molecule has 1 fully saturated rings. The van der Waals surface area contributed by atoms with E-state index in [0.717, 1.165) is 5.56 Å². The molecule has 5 nitrogen and oxygen atoms in total. The molecule has 0 aliphatic carbocycles. The Morgan fingerprint density at radius 3 is 2.90 bits per heavy atom. The second-order valence-corrected chi connectivity index (χ2v) is 7.17. The molecule has 1 saturated heterocycles. The molecule has 112 valence electrons. The fraction of sp³-hybridized carbons (Fsp3) is 0.538. The van der Waals surface area contributed by atoms with Crippen molar-refractivity contribution >= 4 is 21.6 Å². The summed E-state index contributed by atoms with van der Waals surface area (Å²) in [6.07, 6.45) is -0.0809. The fourth-order valence-corrected chi connectivity index (χ4v) is 3.93. The normalized spacial score (nSPS) is 21.1. The van der Waals surface area contributed by atoms with E-state index >= 15 is 0 Å². The molecule has 20 heavy (non-hydrogen) atoms. The highest BCUT2D eigenvalue weighted by molar-refractivity contribution is 7.89. The van der Waals surface area contributed by atoms with Crippen molar-refractivity contribution in [3.05, 3.63) is 28.8 Å². The number of ether oxygens (including phenoxy) is 1. The summed E-state index contributed by atoms with van der Waals surface area (Å²) in [4.78, 5) is 0.279. The van der Waals surface area contributed by atoms with E-state index in [4.69, 9.17) is 16.3 Å². The summed E-state index contributed by atoms with van der Waals surface area (Å²) in [6, 6.07) is 4.82. The minimum Gasteiger partial charge on any atom is -0.376 e. The number of nitrogens with zero attached hydrogens (tertiary/aromatic N) is 1. The van der Waals surface area contributed by atoms with E-state index < -0.39 is 10.0 Å². The first kappa shape index (κ1) is 15.7. The zero-order chi connectivity index (χ0) is 14.8. The number of nitrogens with one attached hydrogen (secondary N) is 1. The monoisotopic (exact) mass is 318 g/mol. The van der Waals surface area contributed by atoms with Crippen LogP contribution in [0.5, 0.6) is 0 Å². The molecule has 1 heterocycles. The topological polar surface area (TPSA) is 58.6 Å². The number of morpholine rings is 1. The van der Waals surface area contributed by atoms with Crippen molar-refractivity contribution < 1.29 is 13.2 Å². The van der Waals surface area contributed by atoms with Crippen LogP contribution in [0.4, 0.5) is 0 Å². The van der Waals surface area contributed by atoms with Crippen molar-refractivity contribution in [3.63, 3.8) is 0 Å². The molecule has 7 heteroatoms. The quantitative estimate of drug-likeness (QED) is 0.913. The van der Waals surface area contributed by atoms with E-state index in [1.54, 1.807) is 25.2 Å². The Balaban J connectivity index is 2.31. The lowest BCUT2D eigenvalue weighted by Crippen LogP contribution is -2.44. The molecular weight excluding hydrogens is 300 g/mol. The van der Waals surface area contributed by atoms with Crippen LogP contribution >= 0.6 is 11.6 Å². The number of halogens is 1. The molecule has 0 aromatic heterocycles. The molecule has 0 radical (unpaired) electrons. The summed E-state index contributed by atoms with van der Waals surface area (Å²) < 4.78 is 32.1. The third-order valence-electron chi connectivity index (χ3n) is 3.23. The summed E-state index contributed by atoms with van der Waals surface area (Å²) in [7, 11) is -1.69. The number of hydrogen-bond donors (Lipinski definition) is 1. The molecule has 0 spiro atoms. The number of benzene rings is 1. The molecule has 1 aromatic rings. The van der Waals surface area contributed by atoms with Crippen LogP contribution in [-0.4, -0.2) is 45.6 Å². The second kappa shape index (κ2) is 6.41. The van der Waals surface area contributed by atoms with Gasteiger partial charge in [0, 0.05) is 24.7 Å². The van der Waals surface area contributed by atoms with E-state index in [9.17, 15) is 8.42 Å². The van der Waals surface area contributed by atoms with E-state index in [1.165, 1.54) is 4.31 Å². The predicted molar refractivity (Wildman–Crippen MR) is 78.4 cm³/mol. The Hall–Kier alpha value is -0.660. The molecule has 2 rings (SSSR count). The van der Waals surface area contributed by atoms with Gasteiger partial charge in [0.05, 0.1) is 17.6 Å². The van der Waals surface area contributed by atoms with Gasteiger partial charge < -0.3 is 10.1 Å². The Bertz CT molecular complexity index is 577. The zero-order valence-electron chi connectivity index (χ0n) is 11.6. The summed E-state index contributed by atoms with van der Waals surface area (Å²) in [5.74, 6) is 0. The lowest BCUT2D eigenvalue weighted by atomic mass is 10.2. The number of sulfonamides is 1. The summed E-state index contributed by atoms with van der Waals surface area (Å²) >= 11 is 6.07. The van der Waals surface area contributed by atoms with Crippen molar-refractivity contribution in [1.29, 1.82) is 0 Å². The highest BCUT2D eigenvalue weighted by atomic mass is 35.5. The van der Waals surface area contributed by atoms with E-state index in [1.807, 2.05) is 6.92 Å². The Kier molecular flexibility index (Phi) is 5.04. The molecule has 1 aliphatic heterocycles. The first-order valence-electron chi connectivity index (χ1n) is 6.50. The molecule has 1 aliphatic rings. The Labute approximate surface area is 124 Å². The SMILES string of the molecule is CNCc1cc(S(=O)(=O)N2CCOC(C)C2)ccc1Cl. The molecule has 1 N–H and O–H groups in total. The molecule has 0 bridgehead atoms. The standard InChI is InChI=1S/C13H19ClN2O3S/c1-10-9-16(5-6-19-10)20(17,18)12-3-4-13(14)11(7-12)8-15-2/h3-4,7,10,15H,5-6,8-9H2,1-2H3. The van der Waals surface area contributed by atoms with Crippen LogP contribution in [-0.2, 0) is 21.3 Å². The van der Waals surface area contributed by atoms with Gasteiger partial charge in [-0.25, -0.2) is 8.42 Å². The van der Waals surface area contributed by atoms with Gasteiger partial charge in [-0.3, -0.25) is 0 Å². The molecule has 0 saturated carbocycles. The first-order valence-corrected chi connectivity index (χ1v) is 8.31. The van der Waals surface area contributed by atoms with Crippen molar-refractivity contribution in [2.75, 3.05) is 26.7 Å². The van der Waals surface area contributed by atoms with Crippen molar-refractivity contribution in [1.82, 2.24) is 9.62 Å². The van der Waals surface area contributed by atoms with Crippen LogP contribution in [0, 0.1) is 0 Å². The van der Waals surface area contributed by atoms with E-state index in [2.05, 4.69) is 5.32 Å². The van der Waals surface area contributed by atoms with Crippen molar-refractivity contribution in [3.8, 4) is 0 Å². The highest BCUT2D eigenvalue weighted by Crippen LogP contribution is 2.24. The largest absolute Gasteiger partial charge is 0.376 e. The smallest absolute Gasteiger partial charge is 0.243 e. The fourth-order valence-electron chi connectivity index (χ4n) is 2.19. The van der Waals surface area contributed by atoms with Gasteiger partial charge in [0.2, 0.25) is 10.0 Å². The van der Waals surface area contributed by atoms with Crippen molar-refractivity contribution in [2.24, 2.45) is 0 Å². The van der Waals surface area contributed by atoms with Crippen LogP contribution in [0.1, 0.15) is 12.5 Å². The van der Waals surface area contributed by atoms with Gasteiger partial charge in [-0.05, 0) is 37.7 Å². The van der Waals surface area contributed by atoms with Gasteiger partial charge >= 0.3 is 0 Å². The molecule has 0 amide bonds. The molecule has 1 unspecified atom stereocenters. The average Bonchev–Trinajstić information content (AvgIpc) is 2.41. The molecular formula is C13H19ClN2O3S. The maximum Gasteiger partial charge on any atom is 0.243 e. The minimum absolute atomic E-state index is 0.0809. The lowest BCUT2D eigenvalue weighted by Gasteiger charge is -2.30. The van der Waals surface area contributed by atoms with Crippen LogP contribution < -0.4 is 5.32 Å². The summed E-state index contributed by atoms with van der Waals surface area (Å²) in [6.45, 7) is 3.60. The van der Waals surface area contributed by atoms with Crippen LogP contribution in [0.3, 0.4) is 0 Å². The van der Waals surface area contributed by atoms with Crippen LogP contribution in [0.25, 0.3) is 0 Å². The molecule has 1 atom stereocenters. The third kappa shape index (κ3) is 3.32. The Morgan fingerprint density at radius 2 is 2.25 bits per heavy atom. The predicted octanol–water partition coefficient (Wildman–Crippen LogP) is 1.47. The Morgan fingerprint density at radius 1 is 1.50 bits per heavy atom.